The summed E-state index contributed by atoms with van der Waals surface area (Å²) in [7, 11) is 0. The lowest BCUT2D eigenvalue weighted by atomic mass is 9.51. The molecule has 1 aliphatic heterocycles. The van der Waals surface area contributed by atoms with Crippen molar-refractivity contribution in [1.82, 2.24) is 9.97 Å². The first-order valence-corrected chi connectivity index (χ1v) is 10.7. The van der Waals surface area contributed by atoms with Crippen LogP contribution in [0.1, 0.15) is 73.4 Å². The Morgan fingerprint density at radius 2 is 1.48 bits per heavy atom. The lowest BCUT2D eigenvalue weighted by molar-refractivity contribution is 0.0629. The van der Waals surface area contributed by atoms with Gasteiger partial charge in [0.1, 0.15) is 0 Å². The molecule has 0 atom stereocenters. The third-order valence-corrected chi connectivity index (χ3v) is 6.61. The van der Waals surface area contributed by atoms with Gasteiger partial charge in [-0.25, -0.2) is 9.97 Å². The Balaban J connectivity index is 2.19. The van der Waals surface area contributed by atoms with E-state index in [-0.39, 0.29) is 21.8 Å². The lowest BCUT2D eigenvalue weighted by Gasteiger charge is -2.53. The Labute approximate surface area is 177 Å². The number of aromatic nitrogens is 2. The van der Waals surface area contributed by atoms with Crippen LogP contribution in [0.15, 0.2) is 36.7 Å². The molecule has 1 aromatic carbocycles. The zero-order valence-electron chi connectivity index (χ0n) is 19.7. The third-order valence-electron chi connectivity index (χ3n) is 6.61. The van der Waals surface area contributed by atoms with Gasteiger partial charge in [-0.3, -0.25) is 0 Å². The number of hydrogen-bond acceptors (Lipinski definition) is 4. The SMILES string of the molecule is CC(C)(C)N1CC(C(C)(C)C)(C(C)(C)C)c2c(CNc3ncccn3)cccc21. The summed E-state index contributed by atoms with van der Waals surface area (Å²) >= 11 is 0. The predicted octanol–water partition coefficient (Wildman–Crippen LogP) is 6.04. The van der Waals surface area contributed by atoms with Gasteiger partial charge in [-0.2, -0.15) is 0 Å². The Morgan fingerprint density at radius 3 is 2.00 bits per heavy atom. The summed E-state index contributed by atoms with van der Waals surface area (Å²) in [5.41, 5.74) is 4.46. The number of benzene rings is 1. The van der Waals surface area contributed by atoms with E-state index in [2.05, 4.69) is 101 Å². The van der Waals surface area contributed by atoms with Gasteiger partial charge >= 0.3 is 0 Å². The van der Waals surface area contributed by atoms with Gasteiger partial charge < -0.3 is 10.2 Å². The van der Waals surface area contributed by atoms with Crippen molar-refractivity contribution in [3.05, 3.63) is 47.8 Å². The van der Waals surface area contributed by atoms with Crippen molar-refractivity contribution in [2.45, 2.75) is 79.8 Å². The highest BCUT2D eigenvalue weighted by Crippen LogP contribution is 2.61. The summed E-state index contributed by atoms with van der Waals surface area (Å²) in [6, 6.07) is 8.62. The fourth-order valence-electron chi connectivity index (χ4n) is 5.37. The van der Waals surface area contributed by atoms with Gasteiger partial charge in [-0.05, 0) is 54.9 Å². The summed E-state index contributed by atoms with van der Waals surface area (Å²) in [4.78, 5) is 11.3. The van der Waals surface area contributed by atoms with Gasteiger partial charge in [-0.1, -0.05) is 53.7 Å². The highest BCUT2D eigenvalue weighted by atomic mass is 15.2. The molecule has 0 spiro atoms. The third kappa shape index (κ3) is 3.62. The molecule has 0 radical (unpaired) electrons. The van der Waals surface area contributed by atoms with Gasteiger partial charge in [0.15, 0.2) is 0 Å². The minimum atomic E-state index is 0.0123. The van der Waals surface area contributed by atoms with Gasteiger partial charge in [-0.15, -0.1) is 0 Å². The first-order valence-electron chi connectivity index (χ1n) is 10.7. The molecule has 1 aromatic heterocycles. The molecule has 2 heterocycles. The monoisotopic (exact) mass is 394 g/mol. The average Bonchev–Trinajstić information content (AvgIpc) is 2.98. The van der Waals surface area contributed by atoms with Gasteiger partial charge in [0.2, 0.25) is 5.95 Å². The molecule has 2 aromatic rings. The Bertz CT molecular complexity index is 837. The average molecular weight is 395 g/mol. The zero-order valence-corrected chi connectivity index (χ0v) is 19.7. The molecule has 0 fully saturated rings. The van der Waals surface area contributed by atoms with E-state index < -0.39 is 0 Å². The molecule has 1 N–H and O–H groups in total. The second-order valence-corrected chi connectivity index (χ2v) is 11.4. The fraction of sp³-hybridized carbons (Fsp3) is 0.600. The van der Waals surface area contributed by atoms with Crippen LogP contribution in [0, 0.1) is 10.8 Å². The van der Waals surface area contributed by atoms with Crippen LogP contribution in [-0.2, 0) is 12.0 Å². The maximum Gasteiger partial charge on any atom is 0.222 e. The van der Waals surface area contributed by atoms with Crippen LogP contribution in [0.4, 0.5) is 11.6 Å². The standard InChI is InChI=1S/C25H38N4/c1-22(2,3)25(23(4,5)6)17-29(24(7,8)9)19-13-10-12-18(20(19)25)16-28-21-26-14-11-15-27-21/h10-15H,16-17H2,1-9H3,(H,26,27,28). The summed E-state index contributed by atoms with van der Waals surface area (Å²) < 4.78 is 0. The predicted molar refractivity (Wildman–Crippen MR) is 123 cm³/mol. The minimum Gasteiger partial charge on any atom is -0.366 e. The molecule has 29 heavy (non-hydrogen) atoms. The highest BCUT2D eigenvalue weighted by Gasteiger charge is 2.58. The summed E-state index contributed by atoms with van der Waals surface area (Å²) in [6.45, 7) is 23.1. The second kappa shape index (κ2) is 7.00. The molecule has 4 heteroatoms. The van der Waals surface area contributed by atoms with Gasteiger partial charge in [0, 0.05) is 42.1 Å². The van der Waals surface area contributed by atoms with Crippen molar-refractivity contribution in [2.75, 3.05) is 16.8 Å². The van der Waals surface area contributed by atoms with E-state index in [0.717, 1.165) is 13.1 Å². The van der Waals surface area contributed by atoms with Crippen LogP contribution in [0.5, 0.6) is 0 Å². The smallest absolute Gasteiger partial charge is 0.222 e. The largest absolute Gasteiger partial charge is 0.366 e. The molecule has 4 nitrogen and oxygen atoms in total. The van der Waals surface area contributed by atoms with Crippen molar-refractivity contribution in [2.24, 2.45) is 10.8 Å². The van der Waals surface area contributed by atoms with Crippen LogP contribution in [0.25, 0.3) is 0 Å². The lowest BCUT2D eigenvalue weighted by Crippen LogP contribution is -2.55. The maximum atomic E-state index is 4.34. The second-order valence-electron chi connectivity index (χ2n) is 11.4. The molecule has 0 unspecified atom stereocenters. The van der Waals surface area contributed by atoms with Crippen molar-refractivity contribution in [3.63, 3.8) is 0 Å². The number of hydrogen-bond donors (Lipinski definition) is 1. The Morgan fingerprint density at radius 1 is 0.897 bits per heavy atom. The van der Waals surface area contributed by atoms with E-state index in [0.29, 0.717) is 5.95 Å². The summed E-state index contributed by atoms with van der Waals surface area (Å²) in [5.74, 6) is 0.674. The van der Waals surface area contributed by atoms with E-state index in [4.69, 9.17) is 0 Å². The Kier molecular flexibility index (Phi) is 5.21. The molecule has 0 amide bonds. The van der Waals surface area contributed by atoms with Crippen LogP contribution < -0.4 is 10.2 Å². The fourth-order valence-corrected chi connectivity index (χ4v) is 5.37. The summed E-state index contributed by atoms with van der Waals surface area (Å²) in [6.07, 6.45) is 3.56. The molecular formula is C25H38N4. The maximum absolute atomic E-state index is 4.34. The van der Waals surface area contributed by atoms with Crippen molar-refractivity contribution in [3.8, 4) is 0 Å². The number of rotatable bonds is 3. The van der Waals surface area contributed by atoms with Crippen LogP contribution >= 0.6 is 0 Å². The molecule has 0 saturated carbocycles. The minimum absolute atomic E-state index is 0.0123. The first-order chi connectivity index (χ1) is 13.3. The quantitative estimate of drug-likeness (QED) is 0.689. The van der Waals surface area contributed by atoms with Gasteiger partial charge in [0.05, 0.1) is 0 Å². The molecule has 0 aliphatic carbocycles. The molecule has 3 rings (SSSR count). The summed E-state index contributed by atoms with van der Waals surface area (Å²) in [5, 5.41) is 3.44. The van der Waals surface area contributed by atoms with E-state index >= 15 is 0 Å². The van der Waals surface area contributed by atoms with Crippen molar-refractivity contribution in [1.29, 1.82) is 0 Å². The first kappa shape index (κ1) is 21.6. The Hall–Kier alpha value is -2.10. The van der Waals surface area contributed by atoms with Crippen molar-refractivity contribution >= 4 is 11.6 Å². The van der Waals surface area contributed by atoms with Crippen LogP contribution in [0.3, 0.4) is 0 Å². The van der Waals surface area contributed by atoms with E-state index in [1.807, 2.05) is 6.07 Å². The molecule has 0 bridgehead atoms. The highest BCUT2D eigenvalue weighted by molar-refractivity contribution is 5.68. The zero-order chi connectivity index (χ0) is 21.7. The number of nitrogens with one attached hydrogen (secondary N) is 1. The van der Waals surface area contributed by atoms with E-state index in [9.17, 15) is 0 Å². The number of anilines is 2. The number of nitrogens with zero attached hydrogens (tertiary/aromatic N) is 3. The number of fused-ring (bicyclic) bond motifs is 1. The molecular weight excluding hydrogens is 356 g/mol. The van der Waals surface area contributed by atoms with Crippen LogP contribution in [-0.4, -0.2) is 22.1 Å². The van der Waals surface area contributed by atoms with Gasteiger partial charge in [0.25, 0.3) is 0 Å². The molecule has 0 saturated heterocycles. The molecule has 1 aliphatic rings. The van der Waals surface area contributed by atoms with E-state index in [1.54, 1.807) is 12.4 Å². The van der Waals surface area contributed by atoms with Crippen molar-refractivity contribution < 1.29 is 0 Å². The topological polar surface area (TPSA) is 41.0 Å². The molecule has 158 valence electrons. The van der Waals surface area contributed by atoms with Crippen LogP contribution in [0.2, 0.25) is 0 Å². The normalized spacial score (nSPS) is 16.7. The van der Waals surface area contributed by atoms with E-state index in [1.165, 1.54) is 16.8 Å².